The maximum absolute atomic E-state index is 13.3. The largest absolute Gasteiger partial charge is 0.462 e. The van der Waals surface area contributed by atoms with E-state index in [0.717, 1.165) is 48.6 Å². The van der Waals surface area contributed by atoms with Gasteiger partial charge in [0, 0.05) is 12.8 Å². The van der Waals surface area contributed by atoms with Crippen molar-refractivity contribution >= 4 is 11.9 Å². The van der Waals surface area contributed by atoms with Gasteiger partial charge < -0.3 is 18.7 Å². The van der Waals surface area contributed by atoms with Crippen molar-refractivity contribution < 1.29 is 28.3 Å². The Hall–Kier alpha value is -1.92. The van der Waals surface area contributed by atoms with Crippen LogP contribution in [-0.2, 0) is 23.8 Å². The smallest absolute Gasteiger partial charge is 0.314 e. The van der Waals surface area contributed by atoms with Crippen molar-refractivity contribution in [1.29, 1.82) is 0 Å². The number of likely N-dealkylation sites (N-methyl/N-ethyl adjacent to an activating group) is 1. The number of hydrogen-bond donors (Lipinski definition) is 0. The second kappa shape index (κ2) is 8.21. The highest BCUT2D eigenvalue weighted by Crippen LogP contribution is 2.51. The summed E-state index contributed by atoms with van der Waals surface area (Å²) in [4.78, 5) is 26.0. The van der Waals surface area contributed by atoms with Gasteiger partial charge in [-0.15, -0.1) is 0 Å². The zero-order valence-corrected chi connectivity index (χ0v) is 18.6. The third kappa shape index (κ3) is 4.12. The van der Waals surface area contributed by atoms with E-state index in [0.29, 0.717) is 24.3 Å². The summed E-state index contributed by atoms with van der Waals surface area (Å²) in [6.07, 6.45) is 7.48. The lowest BCUT2D eigenvalue weighted by Gasteiger charge is -2.45. The molecule has 2 bridgehead atoms. The number of carbonyl (C=O) groups is 2. The molecule has 6 nitrogen and oxygen atoms in total. The number of esters is 2. The van der Waals surface area contributed by atoms with Crippen LogP contribution in [-0.4, -0.2) is 67.0 Å². The van der Waals surface area contributed by atoms with Crippen LogP contribution in [0.25, 0.3) is 0 Å². The van der Waals surface area contributed by atoms with E-state index in [1.807, 2.05) is 30.3 Å². The van der Waals surface area contributed by atoms with Crippen LogP contribution in [0.15, 0.2) is 30.3 Å². The molecular weight excluding hydrogens is 394 g/mol. The van der Waals surface area contributed by atoms with E-state index in [9.17, 15) is 9.59 Å². The Bertz CT molecular complexity index is 798. The van der Waals surface area contributed by atoms with Crippen LogP contribution in [0.3, 0.4) is 0 Å². The Balaban J connectivity index is 1.25. The Labute approximate surface area is 184 Å². The molecule has 0 spiro atoms. The quantitative estimate of drug-likeness (QED) is 0.395. The van der Waals surface area contributed by atoms with E-state index >= 15 is 0 Å². The summed E-state index contributed by atoms with van der Waals surface area (Å²) in [5.41, 5.74) is 0.814. The topological polar surface area (TPSA) is 65.1 Å². The number of rotatable bonds is 6. The first-order valence-corrected chi connectivity index (χ1v) is 11.9. The molecule has 5 rings (SSSR count). The summed E-state index contributed by atoms with van der Waals surface area (Å²) in [7, 11) is 4.52. The highest BCUT2D eigenvalue weighted by atomic mass is 16.6. The number of quaternary nitrogens is 1. The molecule has 1 aromatic carbocycles. The average molecular weight is 429 g/mol. The lowest BCUT2D eigenvalue weighted by molar-refractivity contribution is -0.938. The Morgan fingerprint density at radius 1 is 0.968 bits per heavy atom. The zero-order chi connectivity index (χ0) is 21.6. The lowest BCUT2D eigenvalue weighted by atomic mass is 9.94. The first kappa shape index (κ1) is 21.0. The van der Waals surface area contributed by atoms with Crippen molar-refractivity contribution in [1.82, 2.24) is 0 Å². The number of piperidine rings is 1. The van der Waals surface area contributed by atoms with Crippen LogP contribution in [0.4, 0.5) is 0 Å². The number of hydrogen-bond acceptors (Lipinski definition) is 5. The maximum Gasteiger partial charge on any atom is 0.314 e. The molecule has 6 atom stereocenters. The van der Waals surface area contributed by atoms with E-state index in [4.69, 9.17) is 14.2 Å². The van der Waals surface area contributed by atoms with Gasteiger partial charge in [0.15, 0.2) is 0 Å². The summed E-state index contributed by atoms with van der Waals surface area (Å²) in [5.74, 6) is -1.22. The van der Waals surface area contributed by atoms with Crippen LogP contribution < -0.4 is 0 Å². The minimum absolute atomic E-state index is 0.00520. The molecule has 6 heteroatoms. The van der Waals surface area contributed by atoms with Gasteiger partial charge in [-0.25, -0.2) is 0 Å². The summed E-state index contributed by atoms with van der Waals surface area (Å²) in [6.45, 7) is 0. The summed E-state index contributed by atoms with van der Waals surface area (Å²) in [5, 5.41) is 0. The monoisotopic (exact) mass is 428 g/mol. The Kier molecular flexibility index (Phi) is 5.55. The fourth-order valence-corrected chi connectivity index (χ4v) is 6.15. The number of benzene rings is 1. The van der Waals surface area contributed by atoms with Gasteiger partial charge in [0.05, 0.1) is 26.4 Å². The van der Waals surface area contributed by atoms with E-state index in [1.54, 1.807) is 0 Å². The highest BCUT2D eigenvalue weighted by molar-refractivity contribution is 5.84. The third-order valence-corrected chi connectivity index (χ3v) is 8.03. The molecule has 3 aliphatic heterocycles. The second-order valence-corrected chi connectivity index (χ2v) is 10.3. The number of epoxide rings is 1. The van der Waals surface area contributed by atoms with Crippen LogP contribution in [0.2, 0.25) is 0 Å². The standard InChI is InChI=1S/C25H34NO5/c1-26(2)20-13-18(14-21(26)24-23(20)31-24)30-25(28)19(16-9-5-3-6-10-16)15-22(27)29-17-11-7-4-8-12-17/h3,5-6,9-10,17-21,23-24H,4,7-8,11-15H2,1-2H3/q+1/t18?,19-,20-,21+,23-,24+/m1/s1. The molecule has 0 aromatic heterocycles. The molecule has 0 amide bonds. The Morgan fingerprint density at radius 2 is 1.61 bits per heavy atom. The number of carbonyl (C=O) groups excluding carboxylic acids is 2. The predicted octanol–water partition coefficient (Wildman–Crippen LogP) is 3.34. The van der Waals surface area contributed by atoms with Gasteiger partial charge >= 0.3 is 11.9 Å². The average Bonchev–Trinajstić information content (AvgIpc) is 3.52. The molecule has 168 valence electrons. The SMILES string of the molecule is C[N+]1(C)[C@@H]2CC(OC(=O)[C@H](CC(=O)OC3CCCCC3)c3ccccc3)C[C@H]1[C@@H]1O[C@@H]12. The van der Waals surface area contributed by atoms with Crippen LogP contribution in [0.5, 0.6) is 0 Å². The molecule has 1 unspecified atom stereocenters. The van der Waals surface area contributed by atoms with Gasteiger partial charge in [0.2, 0.25) is 0 Å². The molecule has 3 saturated heterocycles. The second-order valence-electron chi connectivity index (χ2n) is 10.3. The third-order valence-electron chi connectivity index (χ3n) is 8.03. The molecule has 31 heavy (non-hydrogen) atoms. The minimum Gasteiger partial charge on any atom is -0.462 e. The molecule has 1 aliphatic carbocycles. The van der Waals surface area contributed by atoms with Gasteiger partial charge in [0.25, 0.3) is 0 Å². The predicted molar refractivity (Wildman–Crippen MR) is 114 cm³/mol. The summed E-state index contributed by atoms with van der Waals surface area (Å²) >= 11 is 0. The first-order valence-electron chi connectivity index (χ1n) is 11.9. The zero-order valence-electron chi connectivity index (χ0n) is 18.6. The molecular formula is C25H34NO5+. The van der Waals surface area contributed by atoms with Gasteiger partial charge in [-0.3, -0.25) is 9.59 Å². The molecule has 0 N–H and O–H groups in total. The normalized spacial score (nSPS) is 34.5. The van der Waals surface area contributed by atoms with E-state index in [-0.39, 0.29) is 30.6 Å². The van der Waals surface area contributed by atoms with Crippen molar-refractivity contribution in [3.63, 3.8) is 0 Å². The number of morpholine rings is 1. The van der Waals surface area contributed by atoms with Gasteiger partial charge in [-0.2, -0.15) is 0 Å². The summed E-state index contributed by atoms with van der Waals surface area (Å²) < 4.78 is 18.5. The van der Waals surface area contributed by atoms with Crippen molar-refractivity contribution in [2.24, 2.45) is 0 Å². The van der Waals surface area contributed by atoms with Crippen molar-refractivity contribution in [3.05, 3.63) is 35.9 Å². The van der Waals surface area contributed by atoms with Gasteiger partial charge in [-0.05, 0) is 31.2 Å². The highest BCUT2D eigenvalue weighted by Gasteiger charge is 2.70. The van der Waals surface area contributed by atoms with Crippen LogP contribution in [0.1, 0.15) is 62.8 Å². The van der Waals surface area contributed by atoms with E-state index in [1.165, 1.54) is 6.42 Å². The van der Waals surface area contributed by atoms with Crippen LogP contribution >= 0.6 is 0 Å². The van der Waals surface area contributed by atoms with Crippen molar-refractivity contribution in [2.45, 2.75) is 93.8 Å². The molecule has 4 aliphatic rings. The number of ether oxygens (including phenoxy) is 3. The fraction of sp³-hybridized carbons (Fsp3) is 0.680. The molecule has 0 radical (unpaired) electrons. The fourth-order valence-electron chi connectivity index (χ4n) is 6.15. The first-order chi connectivity index (χ1) is 14.9. The molecule has 1 aromatic rings. The molecule has 3 heterocycles. The van der Waals surface area contributed by atoms with E-state index in [2.05, 4.69) is 14.1 Å². The van der Waals surface area contributed by atoms with Gasteiger partial charge in [-0.1, -0.05) is 36.8 Å². The van der Waals surface area contributed by atoms with Gasteiger partial charge in [0.1, 0.15) is 36.5 Å². The number of fused-ring (bicyclic) bond motifs is 5. The van der Waals surface area contributed by atoms with E-state index < -0.39 is 5.92 Å². The van der Waals surface area contributed by atoms with Crippen molar-refractivity contribution in [2.75, 3.05) is 14.1 Å². The molecule has 1 saturated carbocycles. The van der Waals surface area contributed by atoms with Crippen molar-refractivity contribution in [3.8, 4) is 0 Å². The summed E-state index contributed by atoms with van der Waals surface area (Å²) in [6, 6.07) is 10.3. The lowest BCUT2D eigenvalue weighted by Crippen LogP contribution is -2.60. The minimum atomic E-state index is -0.620. The maximum atomic E-state index is 13.3. The van der Waals surface area contributed by atoms with Crippen LogP contribution in [0, 0.1) is 0 Å². The number of nitrogens with zero attached hydrogens (tertiary/aromatic N) is 1. The Morgan fingerprint density at radius 3 is 2.26 bits per heavy atom. The molecule has 4 fully saturated rings.